The molecule has 1 rings (SSSR count). The lowest BCUT2D eigenvalue weighted by Gasteiger charge is -2.12. The second-order valence-corrected chi connectivity index (χ2v) is 2.11. The third-order valence-corrected chi connectivity index (χ3v) is 1.41. The van der Waals surface area contributed by atoms with Crippen molar-refractivity contribution in [2.75, 3.05) is 7.05 Å². The van der Waals surface area contributed by atoms with E-state index in [4.69, 9.17) is 6.57 Å². The fraction of sp³-hybridized carbons (Fsp3) is 0.500. The van der Waals surface area contributed by atoms with Gasteiger partial charge in [-0.05, 0) is 6.92 Å². The van der Waals surface area contributed by atoms with Crippen molar-refractivity contribution in [1.82, 2.24) is 10.2 Å². The highest BCUT2D eigenvalue weighted by Gasteiger charge is 2.15. The summed E-state index contributed by atoms with van der Waals surface area (Å²) in [6.45, 7) is 8.66. The van der Waals surface area contributed by atoms with Crippen LogP contribution in [0, 0.1) is 6.57 Å². The minimum atomic E-state index is 0.272. The first kappa shape index (κ1) is 5.96. The molecule has 0 bridgehead atoms. The third kappa shape index (κ3) is 0.968. The van der Waals surface area contributed by atoms with Gasteiger partial charge in [0.25, 0.3) is 0 Å². The van der Waals surface area contributed by atoms with Crippen LogP contribution in [0.2, 0.25) is 0 Å². The molecule has 1 aliphatic heterocycles. The van der Waals surface area contributed by atoms with Crippen molar-refractivity contribution in [1.29, 1.82) is 0 Å². The summed E-state index contributed by atoms with van der Waals surface area (Å²) in [5.41, 5.74) is 0. The molecule has 0 aromatic carbocycles. The Morgan fingerprint density at radius 2 is 2.56 bits per heavy atom. The lowest BCUT2D eigenvalue weighted by molar-refractivity contribution is 0.355. The maximum absolute atomic E-state index is 6.65. The van der Waals surface area contributed by atoms with Crippen LogP contribution >= 0.6 is 0 Å². The minimum Gasteiger partial charge on any atom is -0.363 e. The largest absolute Gasteiger partial charge is 0.363 e. The molecule has 1 aliphatic rings. The van der Waals surface area contributed by atoms with Crippen molar-refractivity contribution in [3.05, 3.63) is 23.4 Å². The summed E-state index contributed by atoms with van der Waals surface area (Å²) in [4.78, 5) is 5.21. The van der Waals surface area contributed by atoms with Crippen molar-refractivity contribution in [3.8, 4) is 0 Å². The van der Waals surface area contributed by atoms with E-state index in [2.05, 4.69) is 10.2 Å². The van der Waals surface area contributed by atoms with Crippen LogP contribution in [0.25, 0.3) is 4.85 Å². The van der Waals surface area contributed by atoms with E-state index in [-0.39, 0.29) is 6.17 Å². The number of hydrogen-bond acceptors (Lipinski definition) is 2. The second kappa shape index (κ2) is 1.98. The van der Waals surface area contributed by atoms with Crippen LogP contribution < -0.4 is 5.32 Å². The molecule has 0 unspecified atom stereocenters. The average Bonchev–Trinajstić information content (AvgIpc) is 2.13. The fourth-order valence-electron chi connectivity index (χ4n) is 0.719. The Balaban J connectivity index is 2.65. The molecule has 0 fully saturated rings. The summed E-state index contributed by atoms with van der Waals surface area (Å²) in [5.74, 6) is 0.630. The van der Waals surface area contributed by atoms with Crippen LogP contribution in [0.4, 0.5) is 0 Å². The van der Waals surface area contributed by atoms with Crippen LogP contribution in [-0.4, -0.2) is 18.1 Å². The molecular weight excluding hydrogens is 114 g/mol. The molecule has 0 aliphatic carbocycles. The molecule has 1 N–H and O–H groups in total. The molecule has 0 saturated carbocycles. The normalized spacial score (nSPS) is 24.8. The zero-order valence-corrected chi connectivity index (χ0v) is 5.55. The van der Waals surface area contributed by atoms with Crippen LogP contribution in [-0.2, 0) is 0 Å². The molecule has 0 aromatic heterocycles. The van der Waals surface area contributed by atoms with Gasteiger partial charge in [0.05, 0.1) is 0 Å². The highest BCUT2D eigenvalue weighted by molar-refractivity contribution is 5.12. The maximum atomic E-state index is 6.65. The second-order valence-electron chi connectivity index (χ2n) is 2.11. The first-order chi connectivity index (χ1) is 4.24. The Morgan fingerprint density at radius 1 is 1.89 bits per heavy atom. The van der Waals surface area contributed by atoms with Gasteiger partial charge in [-0.25, -0.2) is 0 Å². The van der Waals surface area contributed by atoms with E-state index in [1.807, 2.05) is 18.9 Å². The van der Waals surface area contributed by atoms with Gasteiger partial charge in [0, 0.05) is 13.2 Å². The lowest BCUT2D eigenvalue weighted by atomic mass is 10.6. The lowest BCUT2D eigenvalue weighted by Crippen LogP contribution is -2.29. The molecule has 1 atom stereocenters. The monoisotopic (exact) mass is 123 g/mol. The standard InChI is InChI=1S/C6H9N3/c1-5-8-6(7-2)4-9(5)3/h4-5,8H,1,3H3/t5-/m0/s1. The number of nitrogens with zero attached hydrogens (tertiary/aromatic N) is 2. The van der Waals surface area contributed by atoms with Crippen LogP contribution in [0.1, 0.15) is 6.92 Å². The number of hydrogen-bond donors (Lipinski definition) is 1. The molecule has 0 saturated heterocycles. The van der Waals surface area contributed by atoms with Gasteiger partial charge in [-0.1, -0.05) is 6.57 Å². The van der Waals surface area contributed by atoms with E-state index < -0.39 is 0 Å². The van der Waals surface area contributed by atoms with E-state index in [1.54, 1.807) is 6.20 Å². The Bertz CT molecular complexity index is 177. The topological polar surface area (TPSA) is 19.6 Å². The van der Waals surface area contributed by atoms with Gasteiger partial charge >= 0.3 is 0 Å². The van der Waals surface area contributed by atoms with Crippen LogP contribution in [0.5, 0.6) is 0 Å². The molecule has 1 heterocycles. The molecule has 0 amide bonds. The van der Waals surface area contributed by atoms with Gasteiger partial charge in [-0.3, -0.25) is 0 Å². The van der Waals surface area contributed by atoms with E-state index in [1.165, 1.54) is 0 Å². The molecule has 0 aromatic rings. The van der Waals surface area contributed by atoms with Gasteiger partial charge in [0.15, 0.2) is 0 Å². The van der Waals surface area contributed by atoms with Crippen molar-refractivity contribution in [3.63, 3.8) is 0 Å². The van der Waals surface area contributed by atoms with Crippen molar-refractivity contribution < 1.29 is 0 Å². The summed E-state index contributed by atoms with van der Waals surface area (Å²) in [5, 5.41) is 2.99. The quantitative estimate of drug-likeness (QED) is 0.475. The SMILES string of the molecule is [C-]#[N+]C1=CN(C)[C@@H](C)N1. The number of rotatable bonds is 0. The fourth-order valence-corrected chi connectivity index (χ4v) is 0.719. The van der Waals surface area contributed by atoms with Gasteiger partial charge in [-0.15, -0.1) is 0 Å². The van der Waals surface area contributed by atoms with E-state index in [0.717, 1.165) is 0 Å². The first-order valence-corrected chi connectivity index (χ1v) is 2.82. The summed E-state index contributed by atoms with van der Waals surface area (Å²) in [6.07, 6.45) is 2.08. The molecule has 3 heteroatoms. The van der Waals surface area contributed by atoms with Crippen molar-refractivity contribution in [2.45, 2.75) is 13.1 Å². The molecule has 9 heavy (non-hydrogen) atoms. The van der Waals surface area contributed by atoms with Crippen LogP contribution in [0.15, 0.2) is 12.0 Å². The van der Waals surface area contributed by atoms with E-state index >= 15 is 0 Å². The highest BCUT2D eigenvalue weighted by Crippen LogP contribution is 2.07. The third-order valence-electron chi connectivity index (χ3n) is 1.41. The predicted octanol–water partition coefficient (Wildman–Crippen LogP) is 0.586. The Kier molecular flexibility index (Phi) is 1.31. The van der Waals surface area contributed by atoms with Gasteiger partial charge in [0.1, 0.15) is 6.17 Å². The Labute approximate surface area is 54.8 Å². The Morgan fingerprint density at radius 3 is 2.78 bits per heavy atom. The zero-order chi connectivity index (χ0) is 6.85. The van der Waals surface area contributed by atoms with Crippen molar-refractivity contribution in [2.24, 2.45) is 0 Å². The minimum absolute atomic E-state index is 0.272. The van der Waals surface area contributed by atoms with Crippen molar-refractivity contribution >= 4 is 0 Å². The van der Waals surface area contributed by atoms with E-state index in [9.17, 15) is 0 Å². The average molecular weight is 123 g/mol. The van der Waals surface area contributed by atoms with Gasteiger partial charge in [-0.2, -0.15) is 0 Å². The predicted molar refractivity (Wildman–Crippen MR) is 35.0 cm³/mol. The Hall–Kier alpha value is -1.17. The van der Waals surface area contributed by atoms with E-state index in [0.29, 0.717) is 5.82 Å². The molecular formula is C6H9N3. The van der Waals surface area contributed by atoms with Crippen LogP contribution in [0.3, 0.4) is 0 Å². The summed E-state index contributed by atoms with van der Waals surface area (Å²) >= 11 is 0. The maximum Gasteiger partial charge on any atom is 0.240 e. The number of nitrogens with one attached hydrogen (secondary N) is 1. The molecule has 48 valence electrons. The van der Waals surface area contributed by atoms with Gasteiger partial charge in [0.2, 0.25) is 5.82 Å². The smallest absolute Gasteiger partial charge is 0.240 e. The summed E-state index contributed by atoms with van der Waals surface area (Å²) < 4.78 is 0. The first-order valence-electron chi connectivity index (χ1n) is 2.82. The van der Waals surface area contributed by atoms with Gasteiger partial charge < -0.3 is 15.1 Å². The summed E-state index contributed by atoms with van der Waals surface area (Å²) in [7, 11) is 1.94. The highest BCUT2D eigenvalue weighted by atomic mass is 15.3. The molecule has 0 radical (unpaired) electrons. The molecule has 3 nitrogen and oxygen atoms in total. The molecule has 0 spiro atoms. The summed E-state index contributed by atoms with van der Waals surface area (Å²) in [6, 6.07) is 0. The zero-order valence-electron chi connectivity index (χ0n) is 5.55.